The molecule has 0 aliphatic heterocycles. The molecule has 1 nitrogen and oxygen atoms in total. The Bertz CT molecular complexity index is 604. The van der Waals surface area contributed by atoms with Gasteiger partial charge in [-0.2, -0.15) is 0 Å². The molecule has 2 N–H and O–H groups in total. The lowest BCUT2D eigenvalue weighted by Gasteiger charge is -2.15. The largest absolute Gasteiger partial charge is 0.324 e. The summed E-state index contributed by atoms with van der Waals surface area (Å²) in [5.74, 6) is -0.885. The van der Waals surface area contributed by atoms with E-state index in [1.54, 1.807) is 0 Å². The molecule has 0 amide bonds. The molecule has 0 aliphatic carbocycles. The summed E-state index contributed by atoms with van der Waals surface area (Å²) in [5, 5.41) is 0. The van der Waals surface area contributed by atoms with E-state index in [0.717, 1.165) is 25.7 Å². The van der Waals surface area contributed by atoms with Gasteiger partial charge in [-0.1, -0.05) is 15.9 Å². The average molecular weight is 438 g/mol. The predicted molar refractivity (Wildman–Crippen MR) is 83.8 cm³/mol. The normalized spacial score (nSPS) is 12.5. The summed E-state index contributed by atoms with van der Waals surface area (Å²) in [5.41, 5.74) is 7.27. The molecule has 0 fully saturated rings. The Morgan fingerprint density at radius 2 is 1.89 bits per heavy atom. The molecule has 0 saturated carbocycles. The molecule has 100 valence electrons. The van der Waals surface area contributed by atoms with Crippen molar-refractivity contribution >= 4 is 38.5 Å². The first-order valence-electron chi connectivity index (χ1n) is 5.62. The molecular formula is C14H11BrF2IN. The van der Waals surface area contributed by atoms with Crippen molar-refractivity contribution in [2.45, 2.75) is 12.5 Å². The third-order valence-electron chi connectivity index (χ3n) is 2.81. The van der Waals surface area contributed by atoms with E-state index in [2.05, 4.69) is 38.5 Å². The lowest BCUT2D eigenvalue weighted by molar-refractivity contribution is 0.572. The molecule has 5 heteroatoms. The molecule has 2 aromatic rings. The number of rotatable bonds is 3. The van der Waals surface area contributed by atoms with Crippen LogP contribution in [0.1, 0.15) is 17.2 Å². The van der Waals surface area contributed by atoms with Crippen LogP contribution in [0.4, 0.5) is 8.78 Å². The maximum atomic E-state index is 13.6. The minimum atomic E-state index is -0.453. The molecule has 0 bridgehead atoms. The second kappa shape index (κ2) is 6.28. The zero-order chi connectivity index (χ0) is 14.0. The Balaban J connectivity index is 2.27. The molecule has 2 rings (SSSR count). The van der Waals surface area contributed by atoms with E-state index in [9.17, 15) is 8.78 Å². The molecule has 19 heavy (non-hydrogen) atoms. The fraction of sp³-hybridized carbons (Fsp3) is 0.143. The lowest BCUT2D eigenvalue weighted by atomic mass is 9.99. The first kappa shape index (κ1) is 14.9. The molecule has 2 aromatic carbocycles. The fourth-order valence-corrected chi connectivity index (χ4v) is 2.90. The minimum absolute atomic E-state index is 0.252. The number of benzene rings is 2. The summed E-state index contributed by atoms with van der Waals surface area (Å²) in [6, 6.07) is 8.82. The SMILES string of the molecule is NC(Cc1cc(F)ccc1F)c1cc(I)ccc1Br. The highest BCUT2D eigenvalue weighted by molar-refractivity contribution is 14.1. The summed E-state index contributed by atoms with van der Waals surface area (Å²) in [7, 11) is 0. The number of hydrogen-bond donors (Lipinski definition) is 1. The van der Waals surface area contributed by atoms with Crippen LogP contribution in [0.25, 0.3) is 0 Å². The Kier molecular flexibility index (Phi) is 4.92. The molecule has 1 unspecified atom stereocenters. The molecule has 0 heterocycles. The van der Waals surface area contributed by atoms with E-state index in [4.69, 9.17) is 5.73 Å². The van der Waals surface area contributed by atoms with Gasteiger partial charge in [0.1, 0.15) is 11.6 Å². The van der Waals surface area contributed by atoms with Gasteiger partial charge < -0.3 is 5.73 Å². The number of nitrogens with two attached hydrogens (primary N) is 1. The van der Waals surface area contributed by atoms with Crippen molar-refractivity contribution < 1.29 is 8.78 Å². The zero-order valence-electron chi connectivity index (χ0n) is 9.84. The van der Waals surface area contributed by atoms with Gasteiger partial charge in [-0.05, 0) is 76.5 Å². The second-order valence-corrected chi connectivity index (χ2v) is 6.31. The van der Waals surface area contributed by atoms with Crippen LogP contribution in [0.2, 0.25) is 0 Å². The standard InChI is InChI=1S/C14H11BrF2IN/c15-12-3-2-10(18)7-11(12)14(19)6-8-5-9(16)1-4-13(8)17/h1-5,7,14H,6,19H2. The third kappa shape index (κ3) is 3.73. The van der Waals surface area contributed by atoms with Gasteiger partial charge in [-0.25, -0.2) is 8.78 Å². The van der Waals surface area contributed by atoms with Crippen LogP contribution in [-0.2, 0) is 6.42 Å². The van der Waals surface area contributed by atoms with Crippen LogP contribution >= 0.6 is 38.5 Å². The van der Waals surface area contributed by atoms with E-state index in [-0.39, 0.29) is 12.5 Å². The summed E-state index contributed by atoms with van der Waals surface area (Å²) < 4.78 is 28.6. The topological polar surface area (TPSA) is 26.0 Å². The Hall–Kier alpha value is -0.530. The first-order chi connectivity index (χ1) is 8.97. The quantitative estimate of drug-likeness (QED) is 0.699. The first-order valence-corrected chi connectivity index (χ1v) is 7.49. The van der Waals surface area contributed by atoms with Gasteiger partial charge >= 0.3 is 0 Å². The van der Waals surface area contributed by atoms with Crippen molar-refractivity contribution in [1.82, 2.24) is 0 Å². The predicted octanol–water partition coefficient (Wildman–Crippen LogP) is 4.57. The summed E-state index contributed by atoms with van der Waals surface area (Å²) in [6.07, 6.45) is 0.252. The van der Waals surface area contributed by atoms with E-state index in [1.807, 2.05) is 18.2 Å². The van der Waals surface area contributed by atoms with Crippen LogP contribution < -0.4 is 5.73 Å². The average Bonchev–Trinajstić information content (AvgIpc) is 2.36. The van der Waals surface area contributed by atoms with Gasteiger partial charge in [0.25, 0.3) is 0 Å². The Morgan fingerprint density at radius 3 is 2.63 bits per heavy atom. The highest BCUT2D eigenvalue weighted by Gasteiger charge is 2.14. The highest BCUT2D eigenvalue weighted by Crippen LogP contribution is 2.27. The summed E-state index contributed by atoms with van der Waals surface area (Å²) >= 11 is 5.61. The Labute approximate surface area is 132 Å². The van der Waals surface area contributed by atoms with Gasteiger partial charge in [0.15, 0.2) is 0 Å². The third-order valence-corrected chi connectivity index (χ3v) is 4.20. The van der Waals surface area contributed by atoms with E-state index < -0.39 is 11.6 Å². The van der Waals surface area contributed by atoms with Gasteiger partial charge in [0, 0.05) is 14.1 Å². The summed E-state index contributed by atoms with van der Waals surface area (Å²) in [6.45, 7) is 0. The smallest absolute Gasteiger partial charge is 0.126 e. The van der Waals surface area contributed by atoms with Crippen molar-refractivity contribution in [2.24, 2.45) is 5.73 Å². The maximum Gasteiger partial charge on any atom is 0.126 e. The van der Waals surface area contributed by atoms with Crippen molar-refractivity contribution in [2.75, 3.05) is 0 Å². The molecular weight excluding hydrogens is 427 g/mol. The van der Waals surface area contributed by atoms with E-state index in [0.29, 0.717) is 5.56 Å². The number of hydrogen-bond acceptors (Lipinski definition) is 1. The van der Waals surface area contributed by atoms with Crippen LogP contribution in [0.3, 0.4) is 0 Å². The molecule has 0 saturated heterocycles. The highest BCUT2D eigenvalue weighted by atomic mass is 127. The van der Waals surface area contributed by atoms with Crippen LogP contribution in [-0.4, -0.2) is 0 Å². The van der Waals surface area contributed by atoms with Crippen LogP contribution in [0.15, 0.2) is 40.9 Å². The molecule has 1 atom stereocenters. The monoisotopic (exact) mass is 437 g/mol. The Morgan fingerprint density at radius 1 is 1.16 bits per heavy atom. The molecule has 0 spiro atoms. The van der Waals surface area contributed by atoms with Crippen molar-refractivity contribution in [3.8, 4) is 0 Å². The molecule has 0 radical (unpaired) electrons. The van der Waals surface area contributed by atoms with Crippen LogP contribution in [0, 0.1) is 15.2 Å². The van der Waals surface area contributed by atoms with Gasteiger partial charge in [-0.3, -0.25) is 0 Å². The van der Waals surface area contributed by atoms with Gasteiger partial charge in [0.05, 0.1) is 0 Å². The van der Waals surface area contributed by atoms with E-state index in [1.165, 1.54) is 6.07 Å². The fourth-order valence-electron chi connectivity index (χ4n) is 1.85. The minimum Gasteiger partial charge on any atom is -0.324 e. The molecule has 0 aliphatic rings. The van der Waals surface area contributed by atoms with Crippen LogP contribution in [0.5, 0.6) is 0 Å². The lowest BCUT2D eigenvalue weighted by Crippen LogP contribution is -2.15. The van der Waals surface area contributed by atoms with Crippen molar-refractivity contribution in [3.63, 3.8) is 0 Å². The maximum absolute atomic E-state index is 13.6. The van der Waals surface area contributed by atoms with Crippen molar-refractivity contribution in [1.29, 1.82) is 0 Å². The summed E-state index contributed by atoms with van der Waals surface area (Å²) in [4.78, 5) is 0. The van der Waals surface area contributed by atoms with Crippen molar-refractivity contribution in [3.05, 3.63) is 67.2 Å². The van der Waals surface area contributed by atoms with Gasteiger partial charge in [0.2, 0.25) is 0 Å². The van der Waals surface area contributed by atoms with Gasteiger partial charge in [-0.15, -0.1) is 0 Å². The number of halogens is 4. The van der Waals surface area contributed by atoms with E-state index >= 15 is 0 Å². The zero-order valence-corrected chi connectivity index (χ0v) is 13.6. The second-order valence-electron chi connectivity index (χ2n) is 4.21. The molecule has 0 aromatic heterocycles.